The highest BCUT2D eigenvalue weighted by molar-refractivity contribution is 7.59. The number of hydrogen-bond donors (Lipinski definition) is 3. The first-order valence-electron chi connectivity index (χ1n) is 10.5. The summed E-state index contributed by atoms with van der Waals surface area (Å²) in [6, 6.07) is 16.0. The van der Waals surface area contributed by atoms with Crippen LogP contribution in [-0.4, -0.2) is 45.5 Å². The summed E-state index contributed by atoms with van der Waals surface area (Å²) in [7, 11) is 1.61. The maximum absolute atomic E-state index is 12.2. The van der Waals surface area contributed by atoms with E-state index in [0.29, 0.717) is 23.6 Å². The van der Waals surface area contributed by atoms with E-state index in [4.69, 9.17) is 5.11 Å². The molecule has 4 rings (SSSR count). The predicted octanol–water partition coefficient (Wildman–Crippen LogP) is 4.08. The van der Waals surface area contributed by atoms with Gasteiger partial charge in [-0.25, -0.2) is 14.8 Å². The zero-order valence-electron chi connectivity index (χ0n) is 18.7. The second-order valence-electron chi connectivity index (χ2n) is 7.63. The molecule has 0 fully saturated rings. The van der Waals surface area contributed by atoms with E-state index >= 15 is 0 Å². The van der Waals surface area contributed by atoms with Gasteiger partial charge in [-0.05, 0) is 23.8 Å². The lowest BCUT2D eigenvalue weighted by Gasteiger charge is -2.16. The summed E-state index contributed by atoms with van der Waals surface area (Å²) in [6.07, 6.45) is 3.13. The molecule has 174 valence electrons. The van der Waals surface area contributed by atoms with Crippen LogP contribution in [0.1, 0.15) is 39.1 Å². The number of carbonyl (C=O) groups excluding carboxylic acids is 1. The van der Waals surface area contributed by atoms with E-state index < -0.39 is 5.97 Å². The van der Waals surface area contributed by atoms with Crippen molar-refractivity contribution in [1.82, 2.24) is 20.3 Å². The number of para-hydroxylation sites is 1. The highest BCUT2D eigenvalue weighted by atomic mass is 32.1. The minimum Gasteiger partial charge on any atom is -0.478 e. The lowest BCUT2D eigenvalue weighted by Crippen LogP contribution is -2.18. The van der Waals surface area contributed by atoms with Crippen molar-refractivity contribution in [2.45, 2.75) is 12.8 Å². The first-order valence-corrected chi connectivity index (χ1v) is 10.5. The Kier molecular flexibility index (Phi) is 7.80. The number of hydrogen-bond acceptors (Lipinski definition) is 6. The second kappa shape index (κ2) is 10.8. The summed E-state index contributed by atoms with van der Waals surface area (Å²) in [6.45, 7) is 2.68. The van der Waals surface area contributed by atoms with Gasteiger partial charge in [-0.2, -0.15) is 13.5 Å². The van der Waals surface area contributed by atoms with E-state index in [1.807, 2.05) is 24.3 Å². The fourth-order valence-corrected chi connectivity index (χ4v) is 3.69. The molecule has 0 unspecified atom stereocenters. The van der Waals surface area contributed by atoms with Crippen LogP contribution in [0.4, 0.5) is 5.82 Å². The molecule has 1 amide bonds. The summed E-state index contributed by atoms with van der Waals surface area (Å²) in [5.41, 5.74) is 4.15. The van der Waals surface area contributed by atoms with Gasteiger partial charge in [0.25, 0.3) is 5.91 Å². The van der Waals surface area contributed by atoms with Crippen LogP contribution in [0.25, 0.3) is 22.2 Å². The van der Waals surface area contributed by atoms with Crippen LogP contribution in [0.5, 0.6) is 0 Å². The SMILES string of the molecule is CNC(=O)c1ccnc2c([C@H](C)CNc3cc(-c4ccc(C(=O)O)cc4)ncn3)cccc12.S. The second-order valence-corrected chi connectivity index (χ2v) is 7.63. The van der Waals surface area contributed by atoms with Crippen molar-refractivity contribution in [2.24, 2.45) is 0 Å². The summed E-state index contributed by atoms with van der Waals surface area (Å²) in [5, 5.41) is 15.9. The molecule has 3 N–H and O–H groups in total. The van der Waals surface area contributed by atoms with Crippen molar-refractivity contribution >= 4 is 42.1 Å². The number of fused-ring (bicyclic) bond motifs is 1. The molecule has 0 saturated carbocycles. The zero-order valence-corrected chi connectivity index (χ0v) is 19.7. The fourth-order valence-electron chi connectivity index (χ4n) is 3.69. The number of anilines is 1. The molecule has 34 heavy (non-hydrogen) atoms. The molecule has 0 radical (unpaired) electrons. The molecule has 0 saturated heterocycles. The highest BCUT2D eigenvalue weighted by Crippen LogP contribution is 2.27. The van der Waals surface area contributed by atoms with Crippen LogP contribution in [0.2, 0.25) is 0 Å². The number of aromatic carboxylic acids is 1. The number of nitrogens with one attached hydrogen (secondary N) is 2. The molecule has 2 aromatic heterocycles. The monoisotopic (exact) mass is 475 g/mol. The predicted molar refractivity (Wildman–Crippen MR) is 137 cm³/mol. The number of rotatable bonds is 7. The van der Waals surface area contributed by atoms with Gasteiger partial charge in [0.1, 0.15) is 12.1 Å². The number of nitrogens with zero attached hydrogens (tertiary/aromatic N) is 3. The first kappa shape index (κ1) is 24.7. The molecular weight excluding hydrogens is 450 g/mol. The molecule has 0 aliphatic heterocycles. The van der Waals surface area contributed by atoms with Crippen molar-refractivity contribution in [3.8, 4) is 11.3 Å². The summed E-state index contributed by atoms with van der Waals surface area (Å²) >= 11 is 0. The first-order chi connectivity index (χ1) is 16.0. The van der Waals surface area contributed by atoms with Crippen molar-refractivity contribution in [1.29, 1.82) is 0 Å². The van der Waals surface area contributed by atoms with Crippen molar-refractivity contribution in [2.75, 3.05) is 18.9 Å². The number of pyridine rings is 1. The van der Waals surface area contributed by atoms with Crippen LogP contribution < -0.4 is 10.6 Å². The Balaban J connectivity index is 0.00000324. The fraction of sp³-hybridized carbons (Fsp3) is 0.160. The van der Waals surface area contributed by atoms with Gasteiger partial charge in [0.05, 0.1) is 22.3 Å². The Hall–Kier alpha value is -3.98. The smallest absolute Gasteiger partial charge is 0.335 e. The number of carbonyl (C=O) groups is 2. The van der Waals surface area contributed by atoms with E-state index in [-0.39, 0.29) is 30.9 Å². The average molecular weight is 476 g/mol. The van der Waals surface area contributed by atoms with Gasteiger partial charge in [-0.15, -0.1) is 0 Å². The van der Waals surface area contributed by atoms with Gasteiger partial charge in [-0.3, -0.25) is 9.78 Å². The van der Waals surface area contributed by atoms with Gasteiger partial charge in [0.2, 0.25) is 0 Å². The largest absolute Gasteiger partial charge is 0.478 e. The molecule has 0 aliphatic carbocycles. The minimum atomic E-state index is -0.967. The maximum Gasteiger partial charge on any atom is 0.335 e. The third kappa shape index (κ3) is 5.15. The molecule has 2 aromatic carbocycles. The Labute approximate surface area is 203 Å². The topological polar surface area (TPSA) is 117 Å². The van der Waals surface area contributed by atoms with Gasteiger partial charge in [0, 0.05) is 42.7 Å². The van der Waals surface area contributed by atoms with Gasteiger partial charge >= 0.3 is 5.97 Å². The van der Waals surface area contributed by atoms with Crippen LogP contribution in [0, 0.1) is 0 Å². The van der Waals surface area contributed by atoms with Crippen molar-refractivity contribution in [3.63, 3.8) is 0 Å². The molecule has 0 bridgehead atoms. The molecule has 0 spiro atoms. The van der Waals surface area contributed by atoms with E-state index in [1.54, 1.807) is 43.6 Å². The molecule has 9 heteroatoms. The van der Waals surface area contributed by atoms with Crippen molar-refractivity contribution in [3.05, 3.63) is 83.8 Å². The molecule has 8 nitrogen and oxygen atoms in total. The number of aromatic nitrogens is 3. The molecule has 4 aromatic rings. The molecule has 1 atom stereocenters. The third-order valence-corrected chi connectivity index (χ3v) is 5.49. The number of benzene rings is 2. The quantitative estimate of drug-likeness (QED) is 0.369. The Morgan fingerprint density at radius 3 is 2.50 bits per heavy atom. The van der Waals surface area contributed by atoms with Gasteiger partial charge in [0.15, 0.2) is 0 Å². The summed E-state index contributed by atoms with van der Waals surface area (Å²) < 4.78 is 0. The van der Waals surface area contributed by atoms with E-state index in [2.05, 4.69) is 32.5 Å². The zero-order chi connectivity index (χ0) is 23.4. The third-order valence-electron chi connectivity index (χ3n) is 5.49. The van der Waals surface area contributed by atoms with E-state index in [1.165, 1.54) is 6.33 Å². The van der Waals surface area contributed by atoms with Crippen LogP contribution in [0.15, 0.2) is 67.1 Å². The van der Waals surface area contributed by atoms with E-state index in [9.17, 15) is 9.59 Å². The lowest BCUT2D eigenvalue weighted by atomic mass is 9.96. The Morgan fingerprint density at radius 2 is 1.79 bits per heavy atom. The van der Waals surface area contributed by atoms with Crippen molar-refractivity contribution < 1.29 is 14.7 Å². The molecular formula is C25H25N5O3S. The Morgan fingerprint density at radius 1 is 1.03 bits per heavy atom. The van der Waals surface area contributed by atoms with Gasteiger partial charge in [-0.1, -0.05) is 37.3 Å². The maximum atomic E-state index is 12.2. The summed E-state index contributed by atoms with van der Waals surface area (Å²) in [4.78, 5) is 36.4. The van der Waals surface area contributed by atoms with E-state index in [0.717, 1.165) is 22.0 Å². The summed E-state index contributed by atoms with van der Waals surface area (Å²) in [5.74, 6) is -0.357. The van der Waals surface area contributed by atoms with Crippen LogP contribution in [0.3, 0.4) is 0 Å². The minimum absolute atomic E-state index is 0. The molecule has 2 heterocycles. The normalized spacial score (nSPS) is 11.4. The number of amides is 1. The Bertz CT molecular complexity index is 1330. The average Bonchev–Trinajstić information content (AvgIpc) is 2.86. The van der Waals surface area contributed by atoms with Crippen LogP contribution in [-0.2, 0) is 0 Å². The number of carboxylic acids is 1. The van der Waals surface area contributed by atoms with Gasteiger partial charge < -0.3 is 15.7 Å². The molecule has 0 aliphatic rings. The number of carboxylic acid groups (broad SMARTS) is 1. The van der Waals surface area contributed by atoms with Crippen LogP contribution >= 0.6 is 13.5 Å². The highest BCUT2D eigenvalue weighted by Gasteiger charge is 2.15. The lowest BCUT2D eigenvalue weighted by molar-refractivity contribution is 0.0696. The standard InChI is InChI=1S/C25H23N5O3.H2S/c1-15(18-4-3-5-19-20(24(31)26-2)10-11-27-23(18)19)13-28-22-12-21(29-14-30-22)16-6-8-17(9-7-16)25(32)33;/h3-12,14-15H,13H2,1-2H3,(H,26,31)(H,32,33)(H,28,29,30);1H2/t15-;/m1./s1.